The number of hydrogen-bond acceptors (Lipinski definition) is 2. The maximum atomic E-state index is 9.87. The van der Waals surface area contributed by atoms with Gasteiger partial charge in [-0.15, -0.1) is 0 Å². The summed E-state index contributed by atoms with van der Waals surface area (Å²) in [6.45, 7) is 2.08. The molecular weight excluding hydrogens is 220 g/mol. The molecule has 0 bridgehead atoms. The maximum Gasteiger partial charge on any atom is 0.146 e. The molecular formula is C9H11BrO2. The first-order chi connectivity index (χ1) is 5.63. The molecule has 66 valence electrons. The number of furan rings is 1. The van der Waals surface area contributed by atoms with Crippen molar-refractivity contribution in [3.8, 4) is 0 Å². The summed E-state index contributed by atoms with van der Waals surface area (Å²) in [5.41, 5.74) is 0.0559. The standard InChI is InChI=1S/C9H11BrO2/c1-9(3-4-9)8(11)7-6(10)2-5-12-7/h2,5,8,11H,3-4H2,1H3. The van der Waals surface area contributed by atoms with Gasteiger partial charge in [-0.3, -0.25) is 0 Å². The van der Waals surface area contributed by atoms with Crippen LogP contribution in [0.3, 0.4) is 0 Å². The fourth-order valence-corrected chi connectivity index (χ4v) is 1.71. The Hall–Kier alpha value is -0.280. The quantitative estimate of drug-likeness (QED) is 0.848. The minimum Gasteiger partial charge on any atom is -0.465 e. The van der Waals surface area contributed by atoms with Gasteiger partial charge in [0, 0.05) is 5.41 Å². The fourth-order valence-electron chi connectivity index (χ4n) is 1.29. The molecule has 1 aliphatic rings. The van der Waals surface area contributed by atoms with Gasteiger partial charge in [0.25, 0.3) is 0 Å². The lowest BCUT2D eigenvalue weighted by atomic mass is 10.0. The monoisotopic (exact) mass is 230 g/mol. The lowest BCUT2D eigenvalue weighted by Gasteiger charge is -2.14. The normalized spacial score (nSPS) is 22.2. The summed E-state index contributed by atoms with van der Waals surface area (Å²) >= 11 is 3.33. The highest BCUT2D eigenvalue weighted by molar-refractivity contribution is 9.10. The van der Waals surface area contributed by atoms with E-state index in [1.807, 2.05) is 6.07 Å². The molecule has 0 aromatic carbocycles. The summed E-state index contributed by atoms with van der Waals surface area (Å²) in [7, 11) is 0. The van der Waals surface area contributed by atoms with E-state index in [9.17, 15) is 5.11 Å². The number of hydrogen-bond donors (Lipinski definition) is 1. The third kappa shape index (κ3) is 1.21. The molecule has 1 heterocycles. The Morgan fingerprint density at radius 3 is 2.75 bits per heavy atom. The van der Waals surface area contributed by atoms with Crippen LogP contribution in [0.4, 0.5) is 0 Å². The van der Waals surface area contributed by atoms with E-state index in [2.05, 4.69) is 22.9 Å². The van der Waals surface area contributed by atoms with E-state index in [1.165, 1.54) is 0 Å². The second-order valence-electron chi connectivity index (χ2n) is 3.69. The molecule has 1 N–H and O–H groups in total. The minimum atomic E-state index is -0.457. The van der Waals surface area contributed by atoms with Gasteiger partial charge in [-0.05, 0) is 34.8 Å². The predicted molar refractivity (Wildman–Crippen MR) is 48.7 cm³/mol. The Kier molecular flexibility index (Phi) is 1.81. The molecule has 0 radical (unpaired) electrons. The molecule has 1 fully saturated rings. The highest BCUT2D eigenvalue weighted by Crippen LogP contribution is 2.55. The van der Waals surface area contributed by atoms with E-state index in [0.717, 1.165) is 17.3 Å². The van der Waals surface area contributed by atoms with Crippen molar-refractivity contribution in [2.24, 2.45) is 5.41 Å². The molecule has 12 heavy (non-hydrogen) atoms. The van der Waals surface area contributed by atoms with Gasteiger partial charge in [-0.2, -0.15) is 0 Å². The van der Waals surface area contributed by atoms with Crippen LogP contribution < -0.4 is 0 Å². The van der Waals surface area contributed by atoms with Crippen molar-refractivity contribution in [2.45, 2.75) is 25.9 Å². The van der Waals surface area contributed by atoms with Gasteiger partial charge in [0.2, 0.25) is 0 Å². The Labute approximate surface area is 79.7 Å². The smallest absolute Gasteiger partial charge is 0.146 e. The first-order valence-corrected chi connectivity index (χ1v) is 4.84. The molecule has 1 aromatic rings. The second kappa shape index (κ2) is 2.60. The highest BCUT2D eigenvalue weighted by Gasteiger charge is 2.46. The van der Waals surface area contributed by atoms with Crippen LogP contribution in [-0.4, -0.2) is 5.11 Å². The van der Waals surface area contributed by atoms with Gasteiger partial charge in [0.15, 0.2) is 0 Å². The van der Waals surface area contributed by atoms with Crippen molar-refractivity contribution in [3.05, 3.63) is 22.6 Å². The van der Waals surface area contributed by atoms with Crippen LogP contribution in [0.15, 0.2) is 21.2 Å². The Bertz CT molecular complexity index is 288. The largest absolute Gasteiger partial charge is 0.465 e. The summed E-state index contributed by atoms with van der Waals surface area (Å²) in [6.07, 6.45) is 3.30. The summed E-state index contributed by atoms with van der Waals surface area (Å²) in [5.74, 6) is 0.662. The average Bonchev–Trinajstić information content (AvgIpc) is 2.63. The van der Waals surface area contributed by atoms with Crippen molar-refractivity contribution in [3.63, 3.8) is 0 Å². The third-order valence-corrected chi connectivity index (χ3v) is 3.25. The summed E-state index contributed by atoms with van der Waals surface area (Å²) in [4.78, 5) is 0. The van der Waals surface area contributed by atoms with Gasteiger partial charge in [0.05, 0.1) is 10.7 Å². The zero-order chi connectivity index (χ0) is 8.77. The van der Waals surface area contributed by atoms with E-state index >= 15 is 0 Å². The van der Waals surface area contributed by atoms with Crippen molar-refractivity contribution < 1.29 is 9.52 Å². The molecule has 1 aromatic heterocycles. The highest BCUT2D eigenvalue weighted by atomic mass is 79.9. The van der Waals surface area contributed by atoms with E-state index in [0.29, 0.717) is 5.76 Å². The number of rotatable bonds is 2. The Balaban J connectivity index is 2.25. The number of aliphatic hydroxyl groups excluding tert-OH is 1. The van der Waals surface area contributed by atoms with Crippen LogP contribution in [0, 0.1) is 5.41 Å². The second-order valence-corrected chi connectivity index (χ2v) is 4.54. The number of halogens is 1. The molecule has 2 rings (SSSR count). The van der Waals surface area contributed by atoms with Gasteiger partial charge in [-0.25, -0.2) is 0 Å². The average molecular weight is 231 g/mol. The zero-order valence-electron chi connectivity index (χ0n) is 6.88. The van der Waals surface area contributed by atoms with E-state index in [4.69, 9.17) is 4.42 Å². The molecule has 1 aliphatic carbocycles. The van der Waals surface area contributed by atoms with Crippen LogP contribution >= 0.6 is 15.9 Å². The third-order valence-electron chi connectivity index (χ3n) is 2.59. The molecule has 3 heteroatoms. The zero-order valence-corrected chi connectivity index (χ0v) is 8.47. The van der Waals surface area contributed by atoms with Crippen LogP contribution in [0.1, 0.15) is 31.6 Å². The maximum absolute atomic E-state index is 9.87. The Morgan fingerprint density at radius 2 is 2.33 bits per heavy atom. The van der Waals surface area contributed by atoms with Crippen molar-refractivity contribution in [1.29, 1.82) is 0 Å². The van der Waals surface area contributed by atoms with Crippen molar-refractivity contribution in [2.75, 3.05) is 0 Å². The molecule has 0 spiro atoms. The molecule has 1 unspecified atom stereocenters. The molecule has 2 nitrogen and oxygen atoms in total. The number of aliphatic hydroxyl groups is 1. The lowest BCUT2D eigenvalue weighted by molar-refractivity contribution is 0.0802. The van der Waals surface area contributed by atoms with Crippen LogP contribution in [0.2, 0.25) is 0 Å². The Morgan fingerprint density at radius 1 is 1.67 bits per heavy atom. The summed E-state index contributed by atoms with van der Waals surface area (Å²) < 4.78 is 6.06. The van der Waals surface area contributed by atoms with Gasteiger partial charge in [-0.1, -0.05) is 6.92 Å². The predicted octanol–water partition coefficient (Wildman–Crippen LogP) is 2.88. The molecule has 1 atom stereocenters. The molecule has 0 saturated heterocycles. The van der Waals surface area contributed by atoms with Crippen LogP contribution in [0.25, 0.3) is 0 Å². The molecule has 0 aliphatic heterocycles. The van der Waals surface area contributed by atoms with Gasteiger partial charge in [0.1, 0.15) is 11.9 Å². The van der Waals surface area contributed by atoms with E-state index < -0.39 is 6.10 Å². The summed E-state index contributed by atoms with van der Waals surface area (Å²) in [5, 5.41) is 9.87. The molecule has 0 amide bonds. The summed E-state index contributed by atoms with van der Waals surface area (Å²) in [6, 6.07) is 1.81. The SMILES string of the molecule is CC1(C(O)c2occc2Br)CC1. The van der Waals surface area contributed by atoms with Gasteiger partial charge >= 0.3 is 0 Å². The lowest BCUT2D eigenvalue weighted by Crippen LogP contribution is -2.08. The fraction of sp³-hybridized carbons (Fsp3) is 0.556. The topological polar surface area (TPSA) is 33.4 Å². The van der Waals surface area contributed by atoms with E-state index in [1.54, 1.807) is 6.26 Å². The van der Waals surface area contributed by atoms with Crippen LogP contribution in [0.5, 0.6) is 0 Å². The van der Waals surface area contributed by atoms with Gasteiger partial charge < -0.3 is 9.52 Å². The minimum absolute atomic E-state index is 0.0559. The first kappa shape index (κ1) is 8.32. The van der Waals surface area contributed by atoms with E-state index in [-0.39, 0.29) is 5.41 Å². The van der Waals surface area contributed by atoms with Crippen LogP contribution in [-0.2, 0) is 0 Å². The first-order valence-electron chi connectivity index (χ1n) is 4.04. The molecule has 1 saturated carbocycles. The van der Waals surface area contributed by atoms with Crippen molar-refractivity contribution in [1.82, 2.24) is 0 Å². The van der Waals surface area contributed by atoms with Crippen molar-refractivity contribution >= 4 is 15.9 Å².